The topological polar surface area (TPSA) is 82.7 Å². The molecule has 3 N–H and O–H groups in total. The van der Waals surface area contributed by atoms with Crippen molar-refractivity contribution in [3.63, 3.8) is 0 Å². The molecule has 84 valence electrons. The monoisotopic (exact) mass is 237 g/mol. The molecule has 0 saturated carbocycles. The quantitative estimate of drug-likeness (QED) is 0.756. The number of hydrogen-bond donors (Lipinski definition) is 3. The van der Waals surface area contributed by atoms with E-state index in [-0.39, 0.29) is 6.03 Å². The van der Waals surface area contributed by atoms with Crippen LogP contribution in [0.1, 0.15) is 10.7 Å². The molecule has 0 spiro atoms. The summed E-state index contributed by atoms with van der Waals surface area (Å²) in [6.07, 6.45) is 3.14. The number of aromatic nitrogens is 3. The van der Waals surface area contributed by atoms with Crippen LogP contribution in [0.5, 0.6) is 0 Å². The molecule has 0 unspecified atom stereocenters. The van der Waals surface area contributed by atoms with Crippen LogP contribution in [0, 0.1) is 6.92 Å². The SMILES string of the molecule is Cc1nc(CNC(=O)Nc2cn[nH]c2)cs1. The number of aromatic amines is 1. The lowest BCUT2D eigenvalue weighted by atomic mass is 10.5. The standard InChI is InChI=1S/C9H11N5OS/c1-6-13-8(5-16-6)2-10-9(15)14-7-3-11-12-4-7/h3-5H,2H2,1H3,(H,11,12)(H2,10,14,15). The minimum atomic E-state index is -0.271. The first kappa shape index (κ1) is 10.6. The van der Waals surface area contributed by atoms with Gasteiger partial charge in [-0.05, 0) is 6.92 Å². The minimum Gasteiger partial charge on any atom is -0.332 e. The van der Waals surface area contributed by atoms with Crippen LogP contribution >= 0.6 is 11.3 Å². The number of anilines is 1. The van der Waals surface area contributed by atoms with E-state index in [1.54, 1.807) is 17.5 Å². The fourth-order valence-electron chi connectivity index (χ4n) is 1.15. The lowest BCUT2D eigenvalue weighted by Gasteiger charge is -2.03. The van der Waals surface area contributed by atoms with Crippen LogP contribution in [-0.2, 0) is 6.54 Å². The molecule has 0 radical (unpaired) electrons. The van der Waals surface area contributed by atoms with Gasteiger partial charge in [0.2, 0.25) is 0 Å². The lowest BCUT2D eigenvalue weighted by molar-refractivity contribution is 0.251. The zero-order valence-electron chi connectivity index (χ0n) is 8.65. The Balaban J connectivity index is 1.80. The molecule has 0 aliphatic heterocycles. The maximum absolute atomic E-state index is 11.4. The molecular weight excluding hydrogens is 226 g/mol. The largest absolute Gasteiger partial charge is 0.332 e. The zero-order valence-corrected chi connectivity index (χ0v) is 9.47. The predicted molar refractivity (Wildman–Crippen MR) is 61.3 cm³/mol. The van der Waals surface area contributed by atoms with Crippen LogP contribution in [0.15, 0.2) is 17.8 Å². The van der Waals surface area contributed by atoms with Gasteiger partial charge in [0.25, 0.3) is 0 Å². The van der Waals surface area contributed by atoms with Gasteiger partial charge in [-0.2, -0.15) is 5.10 Å². The molecule has 6 nitrogen and oxygen atoms in total. The highest BCUT2D eigenvalue weighted by atomic mass is 32.1. The van der Waals surface area contributed by atoms with Crippen LogP contribution in [0.3, 0.4) is 0 Å². The Kier molecular flexibility index (Phi) is 3.16. The number of amides is 2. The van der Waals surface area contributed by atoms with Crippen LogP contribution in [0.25, 0.3) is 0 Å². The van der Waals surface area contributed by atoms with Crippen LogP contribution in [-0.4, -0.2) is 21.2 Å². The summed E-state index contributed by atoms with van der Waals surface area (Å²) in [5.74, 6) is 0. The van der Waals surface area contributed by atoms with Gasteiger partial charge in [0.1, 0.15) is 0 Å². The highest BCUT2D eigenvalue weighted by molar-refractivity contribution is 7.09. The summed E-state index contributed by atoms with van der Waals surface area (Å²) in [6, 6.07) is -0.271. The normalized spacial score (nSPS) is 10.1. The Morgan fingerprint density at radius 3 is 3.12 bits per heavy atom. The molecule has 0 aliphatic rings. The van der Waals surface area contributed by atoms with Crippen molar-refractivity contribution in [2.45, 2.75) is 13.5 Å². The molecule has 0 atom stereocenters. The van der Waals surface area contributed by atoms with E-state index >= 15 is 0 Å². The van der Waals surface area contributed by atoms with E-state index in [1.165, 1.54) is 6.20 Å². The molecule has 2 heterocycles. The Hall–Kier alpha value is -1.89. The van der Waals surface area contributed by atoms with Crippen molar-refractivity contribution in [3.05, 3.63) is 28.5 Å². The molecule has 7 heteroatoms. The summed E-state index contributed by atoms with van der Waals surface area (Å²) in [5.41, 5.74) is 1.50. The molecular formula is C9H11N5OS. The number of nitrogens with one attached hydrogen (secondary N) is 3. The third-order valence-electron chi connectivity index (χ3n) is 1.85. The minimum absolute atomic E-state index is 0.271. The molecule has 0 aromatic carbocycles. The number of thiazole rings is 1. The van der Waals surface area contributed by atoms with Gasteiger partial charge in [0.15, 0.2) is 0 Å². The third kappa shape index (κ3) is 2.80. The predicted octanol–water partition coefficient (Wildman–Crippen LogP) is 1.50. The molecule has 0 aliphatic carbocycles. The number of carbonyl (C=O) groups is 1. The first-order valence-electron chi connectivity index (χ1n) is 4.68. The molecule has 0 saturated heterocycles. The second-order valence-electron chi connectivity index (χ2n) is 3.15. The van der Waals surface area contributed by atoms with E-state index in [0.29, 0.717) is 12.2 Å². The van der Waals surface area contributed by atoms with E-state index in [0.717, 1.165) is 10.7 Å². The van der Waals surface area contributed by atoms with Crippen molar-refractivity contribution in [2.24, 2.45) is 0 Å². The molecule has 16 heavy (non-hydrogen) atoms. The molecule has 2 aromatic heterocycles. The summed E-state index contributed by atoms with van der Waals surface area (Å²) >= 11 is 1.56. The van der Waals surface area contributed by atoms with E-state index in [9.17, 15) is 4.79 Å². The Morgan fingerprint density at radius 1 is 1.62 bits per heavy atom. The number of carbonyl (C=O) groups excluding carboxylic acids is 1. The molecule has 2 aromatic rings. The first-order chi connectivity index (χ1) is 7.74. The van der Waals surface area contributed by atoms with Gasteiger partial charge in [0.05, 0.1) is 29.1 Å². The van der Waals surface area contributed by atoms with Crippen molar-refractivity contribution < 1.29 is 4.79 Å². The van der Waals surface area contributed by atoms with Crippen molar-refractivity contribution in [3.8, 4) is 0 Å². The smallest absolute Gasteiger partial charge is 0.319 e. The van der Waals surface area contributed by atoms with Gasteiger partial charge in [-0.3, -0.25) is 5.10 Å². The average molecular weight is 237 g/mol. The van der Waals surface area contributed by atoms with Crippen molar-refractivity contribution in [1.29, 1.82) is 0 Å². The highest BCUT2D eigenvalue weighted by Crippen LogP contribution is 2.07. The van der Waals surface area contributed by atoms with E-state index in [2.05, 4.69) is 25.8 Å². The van der Waals surface area contributed by atoms with Crippen molar-refractivity contribution in [1.82, 2.24) is 20.5 Å². The number of nitrogens with zero attached hydrogens (tertiary/aromatic N) is 2. The lowest BCUT2D eigenvalue weighted by Crippen LogP contribution is -2.28. The molecule has 2 rings (SSSR count). The molecule has 0 bridgehead atoms. The van der Waals surface area contributed by atoms with E-state index < -0.39 is 0 Å². The average Bonchev–Trinajstić information content (AvgIpc) is 2.87. The van der Waals surface area contributed by atoms with Gasteiger partial charge in [-0.1, -0.05) is 0 Å². The molecule has 2 amide bonds. The molecule has 0 fully saturated rings. The van der Waals surface area contributed by atoms with Crippen LogP contribution in [0.2, 0.25) is 0 Å². The summed E-state index contributed by atoms with van der Waals surface area (Å²) in [7, 11) is 0. The van der Waals surface area contributed by atoms with Crippen LogP contribution < -0.4 is 10.6 Å². The summed E-state index contributed by atoms with van der Waals surface area (Å²) < 4.78 is 0. The fourth-order valence-corrected chi connectivity index (χ4v) is 1.77. The summed E-state index contributed by atoms with van der Waals surface area (Å²) in [6.45, 7) is 2.35. The maximum Gasteiger partial charge on any atom is 0.319 e. The van der Waals surface area contributed by atoms with Crippen molar-refractivity contribution >= 4 is 23.1 Å². The van der Waals surface area contributed by atoms with Gasteiger partial charge in [0, 0.05) is 11.6 Å². The number of aryl methyl sites for hydroxylation is 1. The van der Waals surface area contributed by atoms with Gasteiger partial charge >= 0.3 is 6.03 Å². The van der Waals surface area contributed by atoms with E-state index in [1.807, 2.05) is 12.3 Å². The Labute approximate surface area is 96.1 Å². The Morgan fingerprint density at radius 2 is 2.50 bits per heavy atom. The van der Waals surface area contributed by atoms with Gasteiger partial charge < -0.3 is 10.6 Å². The third-order valence-corrected chi connectivity index (χ3v) is 2.68. The second kappa shape index (κ2) is 4.75. The number of rotatable bonds is 3. The second-order valence-corrected chi connectivity index (χ2v) is 4.21. The van der Waals surface area contributed by atoms with Crippen molar-refractivity contribution in [2.75, 3.05) is 5.32 Å². The van der Waals surface area contributed by atoms with Gasteiger partial charge in [-0.15, -0.1) is 11.3 Å². The van der Waals surface area contributed by atoms with Gasteiger partial charge in [-0.25, -0.2) is 9.78 Å². The summed E-state index contributed by atoms with van der Waals surface area (Å²) in [4.78, 5) is 15.6. The fraction of sp³-hybridized carbons (Fsp3) is 0.222. The van der Waals surface area contributed by atoms with E-state index in [4.69, 9.17) is 0 Å². The number of hydrogen-bond acceptors (Lipinski definition) is 4. The number of H-pyrrole nitrogens is 1. The highest BCUT2D eigenvalue weighted by Gasteiger charge is 2.03. The summed E-state index contributed by atoms with van der Waals surface area (Å²) in [5, 5.41) is 14.6. The first-order valence-corrected chi connectivity index (χ1v) is 5.56. The Bertz CT molecular complexity index is 464. The number of urea groups is 1. The maximum atomic E-state index is 11.4. The zero-order chi connectivity index (χ0) is 11.4. The van der Waals surface area contributed by atoms with Crippen LogP contribution in [0.4, 0.5) is 10.5 Å².